The van der Waals surface area contributed by atoms with Crippen LogP contribution in [0.4, 0.5) is 11.4 Å². The maximum absolute atomic E-state index is 11.9. The molecule has 7 rings (SSSR count). The average molecular weight is 840 g/mol. The number of methoxy groups -OCH3 is 2. The highest BCUT2D eigenvalue weighted by atomic mass is 35.5. The van der Waals surface area contributed by atoms with Crippen molar-refractivity contribution in [3.05, 3.63) is 113 Å². The fraction of sp³-hybridized carbons (Fsp3) is 0.231. The molecule has 1 aliphatic heterocycles. The van der Waals surface area contributed by atoms with Crippen molar-refractivity contribution in [2.75, 3.05) is 49.7 Å². The Morgan fingerprint density at radius 3 is 1.78 bits per heavy atom. The zero-order chi connectivity index (χ0) is 38.4. The van der Waals surface area contributed by atoms with Crippen LogP contribution in [0.1, 0.15) is 20.3 Å². The number of hydrogen-bond donors (Lipinski definition) is 3. The van der Waals surface area contributed by atoms with Crippen molar-refractivity contribution in [1.29, 1.82) is 0 Å². The van der Waals surface area contributed by atoms with Crippen molar-refractivity contribution in [3.63, 3.8) is 0 Å². The lowest BCUT2D eigenvalue weighted by atomic mass is 10.2. The van der Waals surface area contributed by atoms with E-state index in [2.05, 4.69) is 29.3 Å². The van der Waals surface area contributed by atoms with Gasteiger partial charge in [-0.1, -0.05) is 55.6 Å². The molecule has 0 radical (unpaired) electrons. The molecular weight excluding hydrogens is 796 g/mol. The molecule has 0 atom stereocenters. The number of aromatic nitrogens is 4. The smallest absolute Gasteiger partial charge is 0.239 e. The molecule has 0 aliphatic carbocycles. The van der Waals surface area contributed by atoms with Crippen molar-refractivity contribution < 1.29 is 23.8 Å². The van der Waals surface area contributed by atoms with Gasteiger partial charge >= 0.3 is 0 Å². The summed E-state index contributed by atoms with van der Waals surface area (Å²) in [4.78, 5) is 31.3. The maximum Gasteiger partial charge on any atom is 0.239 e. The molecule has 1 fully saturated rings. The van der Waals surface area contributed by atoms with Gasteiger partial charge < -0.3 is 24.8 Å². The lowest BCUT2D eigenvalue weighted by Gasteiger charge is -2.03. The summed E-state index contributed by atoms with van der Waals surface area (Å²) in [5, 5.41) is 5.47. The number of rotatable bonds is 10. The lowest BCUT2D eigenvalue weighted by molar-refractivity contribution is -0.114. The number of carbonyl (C=O) groups is 2. The van der Waals surface area contributed by atoms with Gasteiger partial charge in [-0.2, -0.15) is 4.37 Å². The van der Waals surface area contributed by atoms with Gasteiger partial charge in [0.1, 0.15) is 23.2 Å². The minimum absolute atomic E-state index is 0. The summed E-state index contributed by atoms with van der Waals surface area (Å²) >= 11 is 14.3. The van der Waals surface area contributed by atoms with E-state index in [0.29, 0.717) is 15.5 Å². The Morgan fingerprint density at radius 1 is 0.800 bits per heavy atom. The van der Waals surface area contributed by atoms with Gasteiger partial charge in [0.25, 0.3) is 0 Å². The predicted octanol–water partition coefficient (Wildman–Crippen LogP) is 10.1. The first-order valence-electron chi connectivity index (χ1n) is 16.5. The summed E-state index contributed by atoms with van der Waals surface area (Å²) in [6.45, 7) is 2.00. The van der Waals surface area contributed by atoms with E-state index in [1.807, 2.05) is 109 Å². The Bertz CT molecular complexity index is 2020. The average Bonchev–Trinajstić information content (AvgIpc) is 4.04. The number of aromatic amines is 1. The number of hydrogen-bond acceptors (Lipinski definition) is 12. The first-order chi connectivity index (χ1) is 26.4. The van der Waals surface area contributed by atoms with Crippen LogP contribution in [-0.4, -0.2) is 69.6 Å². The molecule has 1 aliphatic rings. The number of benzene rings is 4. The molecule has 16 heteroatoms. The summed E-state index contributed by atoms with van der Waals surface area (Å²) in [5.41, 5.74) is 3.50. The SMILES string of the molecule is C.C1CCOC1.COc1ccc(-c2nc(=S)s[nH]2)cc1.COc1ccc(-c2nsc(SCC(=O)Nc3ccccc3)n2)cc1.O=C(CCl)Nc1ccccc1. The zero-order valence-corrected chi connectivity index (χ0v) is 33.6. The number of ether oxygens (including phenoxy) is 3. The fourth-order valence-corrected chi connectivity index (χ4v) is 6.48. The molecule has 2 aromatic heterocycles. The van der Waals surface area contributed by atoms with Gasteiger partial charge in [-0.15, -0.1) is 11.6 Å². The highest BCUT2D eigenvalue weighted by Gasteiger charge is 2.10. The number of nitrogens with one attached hydrogen (secondary N) is 3. The highest BCUT2D eigenvalue weighted by Crippen LogP contribution is 2.26. The molecule has 0 unspecified atom stereocenters. The van der Waals surface area contributed by atoms with Crippen LogP contribution in [-0.2, 0) is 14.3 Å². The topological polar surface area (TPSA) is 140 Å². The zero-order valence-electron chi connectivity index (χ0n) is 29.5. The summed E-state index contributed by atoms with van der Waals surface area (Å²) < 4.78 is 23.9. The van der Waals surface area contributed by atoms with Gasteiger partial charge in [-0.3, -0.25) is 14.0 Å². The quantitative estimate of drug-likeness (QED) is 0.0694. The van der Waals surface area contributed by atoms with E-state index in [0.717, 1.165) is 57.4 Å². The van der Waals surface area contributed by atoms with Gasteiger partial charge in [0.15, 0.2) is 14.1 Å². The predicted molar refractivity (Wildman–Crippen MR) is 230 cm³/mol. The van der Waals surface area contributed by atoms with E-state index in [4.69, 9.17) is 38.0 Å². The fourth-order valence-electron chi connectivity index (χ4n) is 4.30. The van der Waals surface area contributed by atoms with E-state index in [-0.39, 0.29) is 25.1 Å². The Kier molecular flexibility index (Phi) is 20.7. The molecule has 6 aromatic rings. The Labute approximate surface area is 344 Å². The first kappa shape index (κ1) is 44.8. The lowest BCUT2D eigenvalue weighted by Crippen LogP contribution is -2.13. The van der Waals surface area contributed by atoms with Crippen LogP contribution >= 0.6 is 58.6 Å². The van der Waals surface area contributed by atoms with Gasteiger partial charge in [0.2, 0.25) is 11.8 Å². The molecule has 0 bridgehead atoms. The molecule has 0 saturated carbocycles. The third kappa shape index (κ3) is 16.7. The largest absolute Gasteiger partial charge is 0.497 e. The molecule has 0 spiro atoms. The van der Waals surface area contributed by atoms with Crippen LogP contribution in [0.2, 0.25) is 0 Å². The molecular formula is C39H43ClN6O5S4. The van der Waals surface area contributed by atoms with Crippen molar-refractivity contribution >= 4 is 81.8 Å². The molecule has 4 aromatic carbocycles. The number of thioether (sulfide) groups is 1. The Morgan fingerprint density at radius 2 is 1.33 bits per heavy atom. The van der Waals surface area contributed by atoms with Crippen LogP contribution in [0.5, 0.6) is 11.5 Å². The summed E-state index contributed by atoms with van der Waals surface area (Å²) in [6, 6.07) is 33.8. The highest BCUT2D eigenvalue weighted by molar-refractivity contribution is 8.01. The third-order valence-electron chi connectivity index (χ3n) is 6.95. The second-order valence-corrected chi connectivity index (χ2v) is 14.5. The summed E-state index contributed by atoms with van der Waals surface area (Å²) in [6.07, 6.45) is 2.56. The number of nitrogens with zero attached hydrogens (tertiary/aromatic N) is 3. The van der Waals surface area contributed by atoms with E-state index in [1.165, 1.54) is 47.7 Å². The van der Waals surface area contributed by atoms with Gasteiger partial charge in [0, 0.05) is 35.7 Å². The van der Waals surface area contributed by atoms with E-state index in [9.17, 15) is 9.59 Å². The molecule has 55 heavy (non-hydrogen) atoms. The molecule has 11 nitrogen and oxygen atoms in total. The molecule has 2 amide bonds. The Hall–Kier alpha value is -4.64. The van der Waals surface area contributed by atoms with Crippen molar-refractivity contribution in [2.45, 2.75) is 24.6 Å². The van der Waals surface area contributed by atoms with Crippen molar-refractivity contribution in [3.8, 4) is 34.3 Å². The van der Waals surface area contributed by atoms with Crippen LogP contribution < -0.4 is 20.1 Å². The molecule has 3 heterocycles. The summed E-state index contributed by atoms with van der Waals surface area (Å²) in [5.74, 6) is 3.14. The maximum atomic E-state index is 11.9. The number of halogens is 1. The number of anilines is 2. The van der Waals surface area contributed by atoms with Gasteiger partial charge in [0.05, 0.1) is 20.0 Å². The van der Waals surface area contributed by atoms with Crippen LogP contribution in [0.15, 0.2) is 114 Å². The number of amides is 2. The monoisotopic (exact) mass is 838 g/mol. The number of carbonyl (C=O) groups excluding carboxylic acids is 2. The second kappa shape index (κ2) is 25.4. The number of para-hydroxylation sites is 2. The summed E-state index contributed by atoms with van der Waals surface area (Å²) in [7, 11) is 3.27. The van der Waals surface area contributed by atoms with Crippen molar-refractivity contribution in [2.24, 2.45) is 0 Å². The number of H-pyrrole nitrogens is 1. The van der Waals surface area contributed by atoms with Crippen molar-refractivity contribution in [1.82, 2.24) is 18.7 Å². The number of alkyl halides is 1. The minimum Gasteiger partial charge on any atom is -0.497 e. The normalized spacial score (nSPS) is 11.1. The molecule has 290 valence electrons. The van der Waals surface area contributed by atoms with Gasteiger partial charge in [-0.05, 0) is 121 Å². The minimum atomic E-state index is -0.183. The third-order valence-corrected chi connectivity index (χ3v) is 9.93. The van der Waals surface area contributed by atoms with Crippen LogP contribution in [0.3, 0.4) is 0 Å². The van der Waals surface area contributed by atoms with Gasteiger partial charge in [-0.25, -0.2) is 9.97 Å². The van der Waals surface area contributed by atoms with Crippen LogP contribution in [0, 0.1) is 3.95 Å². The van der Waals surface area contributed by atoms with E-state index < -0.39 is 0 Å². The molecule has 1 saturated heterocycles. The van der Waals surface area contributed by atoms with Crippen LogP contribution in [0.25, 0.3) is 22.8 Å². The van der Waals surface area contributed by atoms with E-state index in [1.54, 1.807) is 14.2 Å². The molecule has 3 N–H and O–H groups in total. The Balaban J connectivity index is 0.000000222. The van der Waals surface area contributed by atoms with E-state index >= 15 is 0 Å². The standard InChI is InChI=1S/C17H15N3O2S2.C9H8N2OS2.C8H8ClNO.C4H8O.CH4/c1-22-14-9-7-12(8-10-14)16-19-17(24-20-16)23-11-15(21)18-13-5-3-2-4-6-13;1-12-7-4-2-6(3-5-7)8-10-9(13)14-11-8;9-6-8(11)10-7-4-2-1-3-5-7;1-2-4-5-3-1;/h2-10H,11H2,1H3,(H,18,21);2-5H,1H3,(H,10,11,13);1-5H,6H2,(H,10,11);1-4H2;1H4. The first-order valence-corrected chi connectivity index (χ1v) is 20.0. The second-order valence-electron chi connectivity index (χ2n) is 10.8.